The maximum absolute atomic E-state index is 6.59. The molecule has 0 amide bonds. The van der Waals surface area contributed by atoms with Gasteiger partial charge in [0.25, 0.3) is 0 Å². The minimum atomic E-state index is 0.258. The highest BCUT2D eigenvalue weighted by molar-refractivity contribution is 5.30. The number of hydrogen-bond donors (Lipinski definition) is 1. The molecule has 10 atom stereocenters. The molecule has 5 aliphatic rings. The van der Waals surface area contributed by atoms with Crippen molar-refractivity contribution in [3.05, 3.63) is 23.8 Å². The van der Waals surface area contributed by atoms with Crippen molar-refractivity contribution in [2.75, 3.05) is 13.6 Å². The minimum absolute atomic E-state index is 0.258. The molecule has 32 heavy (non-hydrogen) atoms. The molecule has 1 aliphatic heterocycles. The van der Waals surface area contributed by atoms with E-state index in [9.17, 15) is 0 Å². The van der Waals surface area contributed by atoms with E-state index in [2.05, 4.69) is 64.8 Å². The molecule has 2 saturated carbocycles. The van der Waals surface area contributed by atoms with Crippen molar-refractivity contribution < 1.29 is 0 Å². The molecule has 1 saturated heterocycles. The third-order valence-corrected chi connectivity index (χ3v) is 11.8. The summed E-state index contributed by atoms with van der Waals surface area (Å²) in [6.45, 7) is 14.1. The third-order valence-electron chi connectivity index (χ3n) is 11.8. The summed E-state index contributed by atoms with van der Waals surface area (Å²) in [7, 11) is 2.39. The lowest BCUT2D eigenvalue weighted by Gasteiger charge is -2.57. The van der Waals surface area contributed by atoms with Gasteiger partial charge in [0.1, 0.15) is 0 Å². The molecule has 2 N–H and O–H groups in total. The summed E-state index contributed by atoms with van der Waals surface area (Å²) in [6, 6.07) is 1.06. The summed E-state index contributed by atoms with van der Waals surface area (Å²) in [5.74, 6) is 5.70. The van der Waals surface area contributed by atoms with E-state index in [1.54, 1.807) is 0 Å². The zero-order chi connectivity index (χ0) is 22.8. The van der Waals surface area contributed by atoms with E-state index in [-0.39, 0.29) is 6.04 Å². The van der Waals surface area contributed by atoms with Gasteiger partial charge in [-0.1, -0.05) is 58.4 Å². The van der Waals surface area contributed by atoms with Gasteiger partial charge < -0.3 is 10.6 Å². The molecule has 0 unspecified atom stereocenters. The zero-order valence-corrected chi connectivity index (χ0v) is 21.8. The predicted molar refractivity (Wildman–Crippen MR) is 136 cm³/mol. The fourth-order valence-electron chi connectivity index (χ4n) is 9.98. The molecular formula is C30H50N2. The summed E-state index contributed by atoms with van der Waals surface area (Å²) >= 11 is 0. The van der Waals surface area contributed by atoms with Crippen LogP contribution in [-0.4, -0.2) is 30.6 Å². The fraction of sp³-hybridized carbons (Fsp3) is 0.867. The quantitative estimate of drug-likeness (QED) is 0.497. The highest BCUT2D eigenvalue weighted by Gasteiger charge is 2.58. The SMILES string of the molecule is CC(C)[C@@H]1CCN(C)[C@H]1C[C@@H](C)[C@H]1CC[C@H]2C3=CC[C@H]4[C@H](N)C=CC[C@]4(C)[C@H]3CC[C@]12C. The average Bonchev–Trinajstić information content (AvgIpc) is 3.27. The molecule has 0 aromatic rings. The molecule has 0 spiro atoms. The van der Waals surface area contributed by atoms with Crippen molar-refractivity contribution >= 4 is 0 Å². The Hall–Kier alpha value is -0.600. The molecule has 0 aromatic carbocycles. The Morgan fingerprint density at radius 3 is 2.56 bits per heavy atom. The Morgan fingerprint density at radius 2 is 1.81 bits per heavy atom. The number of likely N-dealkylation sites (tertiary alicyclic amines) is 1. The van der Waals surface area contributed by atoms with E-state index < -0.39 is 0 Å². The predicted octanol–water partition coefficient (Wildman–Crippen LogP) is 6.67. The normalized spacial score (nSPS) is 49.5. The van der Waals surface area contributed by atoms with Gasteiger partial charge in [0.05, 0.1) is 0 Å². The number of hydrogen-bond acceptors (Lipinski definition) is 2. The minimum Gasteiger partial charge on any atom is -0.324 e. The van der Waals surface area contributed by atoms with Gasteiger partial charge >= 0.3 is 0 Å². The van der Waals surface area contributed by atoms with Crippen LogP contribution in [0.1, 0.15) is 86.0 Å². The van der Waals surface area contributed by atoms with Crippen LogP contribution in [0, 0.1) is 52.3 Å². The molecule has 3 fully saturated rings. The summed E-state index contributed by atoms with van der Waals surface area (Å²) in [5, 5.41) is 0. The van der Waals surface area contributed by atoms with Gasteiger partial charge in [-0.25, -0.2) is 0 Å². The van der Waals surface area contributed by atoms with Crippen molar-refractivity contribution in [2.45, 2.75) is 98.1 Å². The molecule has 5 rings (SSSR count). The van der Waals surface area contributed by atoms with Crippen molar-refractivity contribution in [3.63, 3.8) is 0 Å². The van der Waals surface area contributed by atoms with E-state index >= 15 is 0 Å². The average molecular weight is 439 g/mol. The van der Waals surface area contributed by atoms with Gasteiger partial charge in [-0.15, -0.1) is 0 Å². The van der Waals surface area contributed by atoms with Crippen molar-refractivity contribution in [2.24, 2.45) is 58.0 Å². The van der Waals surface area contributed by atoms with Gasteiger partial charge in [0, 0.05) is 12.1 Å². The van der Waals surface area contributed by atoms with E-state index in [1.165, 1.54) is 57.9 Å². The van der Waals surface area contributed by atoms with Crippen LogP contribution >= 0.6 is 0 Å². The molecule has 1 heterocycles. The first kappa shape index (κ1) is 23.2. The molecule has 0 radical (unpaired) electrons. The largest absolute Gasteiger partial charge is 0.324 e. The first-order valence-electron chi connectivity index (χ1n) is 14.0. The smallest absolute Gasteiger partial charge is 0.0261 e. The molecule has 0 aromatic heterocycles. The molecule has 0 bridgehead atoms. The summed E-state index contributed by atoms with van der Waals surface area (Å²) in [5.41, 5.74) is 9.37. The number of nitrogens with two attached hydrogens (primary N) is 1. The molecule has 2 nitrogen and oxygen atoms in total. The third kappa shape index (κ3) is 3.41. The molecule has 2 heteroatoms. The van der Waals surface area contributed by atoms with Gasteiger partial charge in [-0.2, -0.15) is 0 Å². The first-order chi connectivity index (χ1) is 15.2. The van der Waals surface area contributed by atoms with Crippen molar-refractivity contribution in [1.82, 2.24) is 4.90 Å². The highest BCUT2D eigenvalue weighted by atomic mass is 15.2. The summed E-state index contributed by atoms with van der Waals surface area (Å²) < 4.78 is 0. The monoisotopic (exact) mass is 438 g/mol. The van der Waals surface area contributed by atoms with Gasteiger partial charge in [-0.05, 0) is 117 Å². The van der Waals surface area contributed by atoms with Crippen LogP contribution in [0.5, 0.6) is 0 Å². The zero-order valence-electron chi connectivity index (χ0n) is 21.8. The Labute approximate surface area is 198 Å². The summed E-state index contributed by atoms with van der Waals surface area (Å²) in [6.07, 6.45) is 18.4. The van der Waals surface area contributed by atoms with Crippen molar-refractivity contribution in [1.29, 1.82) is 0 Å². The standard InChI is InChI=1S/C30H50N2/c1-19(2)21-14-17-32(6)28(21)18-20(3)23-11-12-24-22-9-10-26-27(31)8-7-15-29(26,4)25(22)13-16-30(23,24)5/h7-9,19-21,23-28H,10-18,31H2,1-6H3/t20-,21+,23-,24+,25+,26+,27-,28+,29-,30-/m1/s1. The molecule has 4 aliphatic carbocycles. The summed E-state index contributed by atoms with van der Waals surface area (Å²) in [4.78, 5) is 2.69. The lowest BCUT2D eigenvalue weighted by Crippen LogP contribution is -2.52. The molecule has 180 valence electrons. The van der Waals surface area contributed by atoms with E-state index in [0.29, 0.717) is 16.7 Å². The number of fused-ring (bicyclic) bond motifs is 5. The van der Waals surface area contributed by atoms with E-state index in [4.69, 9.17) is 5.73 Å². The second kappa shape index (κ2) is 8.26. The number of nitrogens with zero attached hydrogens (tertiary/aromatic N) is 1. The lowest BCUT2D eigenvalue weighted by molar-refractivity contribution is 0.00518. The van der Waals surface area contributed by atoms with Gasteiger partial charge in [-0.3, -0.25) is 0 Å². The van der Waals surface area contributed by atoms with E-state index in [0.717, 1.165) is 41.5 Å². The number of allylic oxidation sites excluding steroid dienone is 3. The maximum atomic E-state index is 6.59. The van der Waals surface area contributed by atoms with Crippen LogP contribution in [0.15, 0.2) is 23.8 Å². The lowest BCUT2D eigenvalue weighted by atomic mass is 9.48. The van der Waals surface area contributed by atoms with Crippen molar-refractivity contribution in [3.8, 4) is 0 Å². The first-order valence-corrected chi connectivity index (χ1v) is 14.0. The van der Waals surface area contributed by atoms with E-state index in [1.807, 2.05) is 5.57 Å². The van der Waals surface area contributed by atoms with Gasteiger partial charge in [0.2, 0.25) is 0 Å². The second-order valence-electron chi connectivity index (χ2n) is 13.6. The van der Waals surface area contributed by atoms with Crippen LogP contribution in [0.3, 0.4) is 0 Å². The number of rotatable bonds is 4. The Balaban J connectivity index is 1.35. The highest BCUT2D eigenvalue weighted by Crippen LogP contribution is 2.66. The molecular weight excluding hydrogens is 388 g/mol. The Bertz CT molecular complexity index is 767. The fourth-order valence-corrected chi connectivity index (χ4v) is 9.98. The van der Waals surface area contributed by atoms with Gasteiger partial charge in [0.15, 0.2) is 0 Å². The van der Waals surface area contributed by atoms with Crippen LogP contribution in [0.25, 0.3) is 0 Å². The van der Waals surface area contributed by atoms with Crippen LogP contribution in [-0.2, 0) is 0 Å². The van der Waals surface area contributed by atoms with Crippen LogP contribution in [0.4, 0.5) is 0 Å². The van der Waals surface area contributed by atoms with Crippen LogP contribution in [0.2, 0.25) is 0 Å². The second-order valence-corrected chi connectivity index (χ2v) is 13.6. The Kier molecular flexibility index (Phi) is 5.98. The maximum Gasteiger partial charge on any atom is 0.0261 e. The Morgan fingerprint density at radius 1 is 1.06 bits per heavy atom. The topological polar surface area (TPSA) is 29.3 Å². The van der Waals surface area contributed by atoms with Crippen LogP contribution < -0.4 is 5.73 Å².